The summed E-state index contributed by atoms with van der Waals surface area (Å²) in [6.07, 6.45) is 7.93. The first kappa shape index (κ1) is 11.2. The fraction of sp³-hybridized carbons (Fsp3) is 0.438. The average Bonchev–Trinajstić information content (AvgIpc) is 3.37. The minimum absolute atomic E-state index is 0.612. The summed E-state index contributed by atoms with van der Waals surface area (Å²) in [5.74, 6) is 0.676. The maximum Gasteiger partial charge on any atom is 0.0951 e. The molecule has 1 N–H and O–H groups in total. The predicted octanol–water partition coefficient (Wildman–Crippen LogP) is 2.86. The van der Waals surface area contributed by atoms with Crippen LogP contribution in [0.15, 0.2) is 42.9 Å². The minimum Gasteiger partial charge on any atom is -0.330 e. The molecule has 0 bridgehead atoms. The molecule has 0 aliphatic heterocycles. The van der Waals surface area contributed by atoms with Crippen LogP contribution in [-0.2, 0) is 6.54 Å². The van der Waals surface area contributed by atoms with E-state index in [9.17, 15) is 0 Å². The van der Waals surface area contributed by atoms with E-state index in [1.54, 1.807) is 0 Å². The van der Waals surface area contributed by atoms with Gasteiger partial charge in [-0.3, -0.25) is 0 Å². The van der Waals surface area contributed by atoms with Crippen LogP contribution >= 0.6 is 0 Å². The molecule has 3 heteroatoms. The van der Waals surface area contributed by atoms with Crippen molar-refractivity contribution in [2.24, 2.45) is 0 Å². The van der Waals surface area contributed by atoms with Crippen LogP contribution in [0.2, 0.25) is 0 Å². The quantitative estimate of drug-likeness (QED) is 0.888. The molecule has 2 saturated carbocycles. The van der Waals surface area contributed by atoms with Crippen LogP contribution in [0.5, 0.6) is 0 Å². The number of nitrogens with zero attached hydrogens (tertiary/aromatic N) is 2. The Labute approximate surface area is 113 Å². The van der Waals surface area contributed by atoms with Gasteiger partial charge in [-0.1, -0.05) is 30.3 Å². The number of aromatic nitrogens is 2. The highest BCUT2D eigenvalue weighted by molar-refractivity contribution is 5.27. The van der Waals surface area contributed by atoms with Gasteiger partial charge in [0, 0.05) is 30.7 Å². The molecule has 2 aromatic rings. The van der Waals surface area contributed by atoms with Crippen LogP contribution in [0, 0.1) is 0 Å². The number of imidazole rings is 1. The molecule has 1 aromatic carbocycles. The Balaban J connectivity index is 1.47. The second kappa shape index (κ2) is 4.49. The van der Waals surface area contributed by atoms with Crippen molar-refractivity contribution in [3.05, 3.63) is 54.1 Å². The van der Waals surface area contributed by atoms with Crippen LogP contribution < -0.4 is 5.32 Å². The standard InChI is InChI=1S/C16H19N3/c1-2-4-12(5-3-1)15-8-16(15)19-11-17-9-14(19)10-18-13-6-7-13/h1-5,9,11,13,15-16,18H,6-8,10H2. The lowest BCUT2D eigenvalue weighted by Gasteiger charge is -2.08. The molecular formula is C16H19N3. The Kier molecular flexibility index (Phi) is 2.66. The monoisotopic (exact) mass is 253 g/mol. The summed E-state index contributed by atoms with van der Waals surface area (Å²) >= 11 is 0. The summed E-state index contributed by atoms with van der Waals surface area (Å²) in [4.78, 5) is 4.33. The topological polar surface area (TPSA) is 29.9 Å². The summed E-state index contributed by atoms with van der Waals surface area (Å²) < 4.78 is 2.37. The fourth-order valence-corrected chi connectivity index (χ4v) is 2.85. The van der Waals surface area contributed by atoms with E-state index in [1.165, 1.54) is 30.5 Å². The van der Waals surface area contributed by atoms with E-state index in [1.807, 2.05) is 12.5 Å². The van der Waals surface area contributed by atoms with E-state index in [0.29, 0.717) is 12.0 Å². The number of benzene rings is 1. The summed E-state index contributed by atoms with van der Waals surface area (Å²) in [7, 11) is 0. The summed E-state index contributed by atoms with van der Waals surface area (Å²) in [5.41, 5.74) is 2.79. The van der Waals surface area contributed by atoms with E-state index in [0.717, 1.165) is 12.6 Å². The maximum absolute atomic E-state index is 4.33. The van der Waals surface area contributed by atoms with Gasteiger partial charge in [-0.05, 0) is 24.8 Å². The van der Waals surface area contributed by atoms with Crippen molar-refractivity contribution in [3.8, 4) is 0 Å². The molecule has 98 valence electrons. The van der Waals surface area contributed by atoms with E-state index in [4.69, 9.17) is 0 Å². The molecule has 0 spiro atoms. The third-order valence-electron chi connectivity index (χ3n) is 4.24. The molecule has 3 nitrogen and oxygen atoms in total. The molecule has 2 atom stereocenters. The molecule has 1 heterocycles. The Morgan fingerprint density at radius 3 is 2.84 bits per heavy atom. The lowest BCUT2D eigenvalue weighted by molar-refractivity contribution is 0.611. The van der Waals surface area contributed by atoms with Crippen LogP contribution in [0.25, 0.3) is 0 Å². The van der Waals surface area contributed by atoms with Gasteiger partial charge in [-0.15, -0.1) is 0 Å². The number of rotatable bonds is 5. The smallest absolute Gasteiger partial charge is 0.0951 e. The molecule has 2 aliphatic carbocycles. The lowest BCUT2D eigenvalue weighted by atomic mass is 10.1. The number of hydrogen-bond acceptors (Lipinski definition) is 2. The summed E-state index contributed by atoms with van der Waals surface area (Å²) in [6, 6.07) is 12.2. The van der Waals surface area contributed by atoms with Crippen molar-refractivity contribution in [3.63, 3.8) is 0 Å². The van der Waals surface area contributed by atoms with Gasteiger partial charge in [0.15, 0.2) is 0 Å². The SMILES string of the molecule is c1ccc(C2CC2n2cncc2CNC2CC2)cc1. The summed E-state index contributed by atoms with van der Waals surface area (Å²) in [6.45, 7) is 0.961. The Bertz CT molecular complexity index is 556. The molecule has 2 aliphatic rings. The van der Waals surface area contributed by atoms with Gasteiger partial charge in [-0.2, -0.15) is 0 Å². The van der Waals surface area contributed by atoms with Gasteiger partial charge in [0.1, 0.15) is 0 Å². The molecule has 19 heavy (non-hydrogen) atoms. The zero-order valence-electron chi connectivity index (χ0n) is 11.0. The first-order chi connectivity index (χ1) is 9.42. The highest BCUT2D eigenvalue weighted by Gasteiger charge is 2.40. The van der Waals surface area contributed by atoms with Gasteiger partial charge in [0.25, 0.3) is 0 Å². The van der Waals surface area contributed by atoms with Crippen molar-refractivity contribution in [2.45, 2.75) is 43.8 Å². The highest BCUT2D eigenvalue weighted by atomic mass is 15.1. The Hall–Kier alpha value is -1.61. The van der Waals surface area contributed by atoms with Gasteiger partial charge in [-0.25, -0.2) is 4.98 Å². The molecule has 0 amide bonds. The van der Waals surface area contributed by atoms with E-state index < -0.39 is 0 Å². The highest BCUT2D eigenvalue weighted by Crippen LogP contribution is 2.51. The largest absolute Gasteiger partial charge is 0.330 e. The van der Waals surface area contributed by atoms with Crippen molar-refractivity contribution in [1.82, 2.24) is 14.9 Å². The second-order valence-electron chi connectivity index (χ2n) is 5.77. The molecule has 0 saturated heterocycles. The maximum atomic E-state index is 4.33. The van der Waals surface area contributed by atoms with Gasteiger partial charge >= 0.3 is 0 Å². The zero-order chi connectivity index (χ0) is 12.7. The average molecular weight is 253 g/mol. The third-order valence-corrected chi connectivity index (χ3v) is 4.24. The molecular weight excluding hydrogens is 234 g/mol. The minimum atomic E-state index is 0.612. The molecule has 2 unspecified atom stereocenters. The Morgan fingerprint density at radius 2 is 2.05 bits per heavy atom. The van der Waals surface area contributed by atoms with Gasteiger partial charge < -0.3 is 9.88 Å². The van der Waals surface area contributed by atoms with Crippen molar-refractivity contribution in [1.29, 1.82) is 0 Å². The van der Waals surface area contributed by atoms with Crippen molar-refractivity contribution < 1.29 is 0 Å². The molecule has 2 fully saturated rings. The molecule has 4 rings (SSSR count). The van der Waals surface area contributed by atoms with Crippen molar-refractivity contribution in [2.75, 3.05) is 0 Å². The third kappa shape index (κ3) is 2.30. The van der Waals surface area contributed by atoms with Crippen LogP contribution in [0.4, 0.5) is 0 Å². The second-order valence-corrected chi connectivity index (χ2v) is 5.77. The van der Waals surface area contributed by atoms with Crippen LogP contribution in [-0.4, -0.2) is 15.6 Å². The van der Waals surface area contributed by atoms with E-state index in [-0.39, 0.29) is 0 Å². The van der Waals surface area contributed by atoms with Crippen LogP contribution in [0.3, 0.4) is 0 Å². The fourth-order valence-electron chi connectivity index (χ4n) is 2.85. The van der Waals surface area contributed by atoms with Gasteiger partial charge in [0.05, 0.1) is 12.0 Å². The zero-order valence-corrected chi connectivity index (χ0v) is 11.0. The molecule has 1 aromatic heterocycles. The predicted molar refractivity (Wildman–Crippen MR) is 74.9 cm³/mol. The van der Waals surface area contributed by atoms with Crippen LogP contribution in [0.1, 0.15) is 42.5 Å². The number of nitrogens with one attached hydrogen (secondary N) is 1. The van der Waals surface area contributed by atoms with E-state index >= 15 is 0 Å². The molecule has 0 radical (unpaired) electrons. The first-order valence-corrected chi connectivity index (χ1v) is 7.21. The first-order valence-electron chi connectivity index (χ1n) is 7.21. The Morgan fingerprint density at radius 1 is 1.21 bits per heavy atom. The van der Waals surface area contributed by atoms with Crippen molar-refractivity contribution >= 4 is 0 Å². The normalized spacial score (nSPS) is 25.5. The van der Waals surface area contributed by atoms with Gasteiger partial charge in [0.2, 0.25) is 0 Å². The lowest BCUT2D eigenvalue weighted by Crippen LogP contribution is -2.17. The summed E-state index contributed by atoms with van der Waals surface area (Å²) in [5, 5.41) is 3.58. The van der Waals surface area contributed by atoms with E-state index in [2.05, 4.69) is 45.2 Å². The number of hydrogen-bond donors (Lipinski definition) is 1.